The van der Waals surface area contributed by atoms with Crippen LogP contribution in [0.3, 0.4) is 0 Å². The highest BCUT2D eigenvalue weighted by Crippen LogP contribution is 2.44. The monoisotopic (exact) mass is 325 g/mol. The highest BCUT2D eigenvalue weighted by molar-refractivity contribution is 5.77. The summed E-state index contributed by atoms with van der Waals surface area (Å²) in [6.07, 6.45) is 10.0. The van der Waals surface area contributed by atoms with E-state index in [0.29, 0.717) is 36.3 Å². The Morgan fingerprint density at radius 1 is 1.12 bits per heavy atom. The van der Waals surface area contributed by atoms with Crippen LogP contribution in [0.15, 0.2) is 42.5 Å². The van der Waals surface area contributed by atoms with Gasteiger partial charge in [0.05, 0.1) is 6.61 Å². The van der Waals surface area contributed by atoms with Crippen LogP contribution in [-0.2, 0) is 16.1 Å². The Kier molecular flexibility index (Phi) is 4.70. The smallest absolute Gasteiger partial charge is 0.222 e. The second-order valence-corrected chi connectivity index (χ2v) is 7.46. The molecule has 2 heterocycles. The predicted molar refractivity (Wildman–Crippen MR) is 94.3 cm³/mol. The van der Waals surface area contributed by atoms with E-state index in [2.05, 4.69) is 41.3 Å². The third-order valence-corrected chi connectivity index (χ3v) is 6.05. The molecule has 1 aromatic carbocycles. The van der Waals surface area contributed by atoms with E-state index in [1.54, 1.807) is 0 Å². The van der Waals surface area contributed by atoms with E-state index in [1.165, 1.54) is 18.4 Å². The molecular formula is C21H27NO2. The number of allylic oxidation sites excluding steroid dienone is 1. The summed E-state index contributed by atoms with van der Waals surface area (Å²) in [7, 11) is 0. The van der Waals surface area contributed by atoms with Gasteiger partial charge >= 0.3 is 0 Å². The van der Waals surface area contributed by atoms with Gasteiger partial charge in [-0.2, -0.15) is 0 Å². The lowest BCUT2D eigenvalue weighted by molar-refractivity contribution is -0.132. The van der Waals surface area contributed by atoms with Gasteiger partial charge in [-0.3, -0.25) is 4.79 Å². The molecule has 4 unspecified atom stereocenters. The summed E-state index contributed by atoms with van der Waals surface area (Å²) in [6.45, 7) is 2.46. The van der Waals surface area contributed by atoms with Crippen LogP contribution in [0.25, 0.3) is 0 Å². The lowest BCUT2D eigenvalue weighted by Crippen LogP contribution is -2.43. The van der Waals surface area contributed by atoms with Gasteiger partial charge in [-0.1, -0.05) is 42.5 Å². The normalized spacial score (nSPS) is 31.8. The number of carbonyl (C=O) groups is 1. The van der Waals surface area contributed by atoms with Crippen LogP contribution >= 0.6 is 0 Å². The Balaban J connectivity index is 1.34. The Bertz CT molecular complexity index is 597. The van der Waals surface area contributed by atoms with Crippen molar-refractivity contribution in [2.24, 2.45) is 17.8 Å². The first-order chi connectivity index (χ1) is 11.8. The third-order valence-electron chi connectivity index (χ3n) is 6.05. The molecule has 0 aromatic heterocycles. The van der Waals surface area contributed by atoms with Crippen LogP contribution in [-0.4, -0.2) is 30.0 Å². The summed E-state index contributed by atoms with van der Waals surface area (Å²) in [5.74, 6) is 2.19. The fraction of sp³-hybridized carbons (Fsp3) is 0.571. The van der Waals surface area contributed by atoms with Gasteiger partial charge in [-0.25, -0.2) is 0 Å². The van der Waals surface area contributed by atoms with Gasteiger partial charge in [-0.05, 0) is 49.0 Å². The second-order valence-electron chi connectivity index (χ2n) is 7.46. The molecule has 24 heavy (non-hydrogen) atoms. The lowest BCUT2D eigenvalue weighted by atomic mass is 9.73. The zero-order valence-corrected chi connectivity index (χ0v) is 14.3. The molecule has 3 nitrogen and oxygen atoms in total. The first-order valence-electron chi connectivity index (χ1n) is 9.42. The van der Waals surface area contributed by atoms with Gasteiger partial charge in [0.2, 0.25) is 5.91 Å². The molecule has 2 fully saturated rings. The van der Waals surface area contributed by atoms with Crippen LogP contribution in [0, 0.1) is 17.8 Å². The Morgan fingerprint density at radius 2 is 2.00 bits per heavy atom. The average molecular weight is 325 g/mol. The number of nitrogens with zero attached hydrogens (tertiary/aromatic N) is 1. The predicted octanol–water partition coefficient (Wildman–Crippen LogP) is 3.80. The van der Waals surface area contributed by atoms with Gasteiger partial charge in [-0.15, -0.1) is 0 Å². The van der Waals surface area contributed by atoms with Crippen molar-refractivity contribution in [3.8, 4) is 0 Å². The van der Waals surface area contributed by atoms with Crippen LogP contribution < -0.4 is 0 Å². The fourth-order valence-electron chi connectivity index (χ4n) is 4.88. The Morgan fingerprint density at radius 3 is 2.88 bits per heavy atom. The van der Waals surface area contributed by atoms with Gasteiger partial charge in [0.1, 0.15) is 0 Å². The molecule has 4 atom stereocenters. The molecule has 1 aliphatic carbocycles. The van der Waals surface area contributed by atoms with Crippen molar-refractivity contribution < 1.29 is 9.53 Å². The highest BCUT2D eigenvalue weighted by Gasteiger charge is 2.46. The summed E-state index contributed by atoms with van der Waals surface area (Å²) in [6, 6.07) is 10.8. The zero-order valence-electron chi connectivity index (χ0n) is 14.3. The van der Waals surface area contributed by atoms with E-state index in [9.17, 15) is 4.79 Å². The zero-order chi connectivity index (χ0) is 16.4. The number of ether oxygens (including phenoxy) is 1. The SMILES string of the molecule is O=C1CCCC2C=CC(CCOCc3ccccc3)C3CCN1C23. The number of hydrogen-bond donors (Lipinski definition) is 0. The molecule has 1 amide bonds. The summed E-state index contributed by atoms with van der Waals surface area (Å²) < 4.78 is 5.90. The lowest BCUT2D eigenvalue weighted by Gasteiger charge is -2.38. The molecule has 4 rings (SSSR count). The third kappa shape index (κ3) is 3.14. The summed E-state index contributed by atoms with van der Waals surface area (Å²) in [5.41, 5.74) is 1.23. The van der Waals surface area contributed by atoms with Crippen molar-refractivity contribution in [1.29, 1.82) is 0 Å². The van der Waals surface area contributed by atoms with Crippen molar-refractivity contribution in [2.75, 3.05) is 13.2 Å². The van der Waals surface area contributed by atoms with E-state index in [-0.39, 0.29) is 0 Å². The molecule has 2 saturated heterocycles. The van der Waals surface area contributed by atoms with Crippen LogP contribution in [0.2, 0.25) is 0 Å². The van der Waals surface area contributed by atoms with Gasteiger partial charge in [0, 0.05) is 25.6 Å². The van der Waals surface area contributed by atoms with Crippen molar-refractivity contribution >= 4 is 5.91 Å². The summed E-state index contributed by atoms with van der Waals surface area (Å²) in [5, 5.41) is 0. The topological polar surface area (TPSA) is 29.5 Å². The van der Waals surface area contributed by atoms with Crippen LogP contribution in [0.1, 0.15) is 37.7 Å². The van der Waals surface area contributed by atoms with Crippen LogP contribution in [0.4, 0.5) is 0 Å². The molecule has 2 aliphatic heterocycles. The van der Waals surface area contributed by atoms with E-state index < -0.39 is 0 Å². The molecular weight excluding hydrogens is 298 g/mol. The van der Waals surface area contributed by atoms with Gasteiger partial charge in [0.15, 0.2) is 0 Å². The Labute approximate surface area is 144 Å². The Hall–Kier alpha value is -1.61. The molecule has 0 bridgehead atoms. The number of rotatable bonds is 5. The average Bonchev–Trinajstić information content (AvgIpc) is 2.99. The molecule has 0 N–H and O–H groups in total. The van der Waals surface area contributed by atoms with Crippen molar-refractivity contribution in [3.05, 3.63) is 48.0 Å². The van der Waals surface area contributed by atoms with E-state index in [0.717, 1.165) is 32.4 Å². The molecule has 3 heteroatoms. The number of amides is 1. The largest absolute Gasteiger partial charge is 0.377 e. The molecule has 0 radical (unpaired) electrons. The quantitative estimate of drug-likeness (QED) is 0.609. The maximum Gasteiger partial charge on any atom is 0.222 e. The highest BCUT2D eigenvalue weighted by atomic mass is 16.5. The summed E-state index contributed by atoms with van der Waals surface area (Å²) in [4.78, 5) is 14.5. The van der Waals surface area contributed by atoms with Crippen LogP contribution in [0.5, 0.6) is 0 Å². The number of carbonyl (C=O) groups excluding carboxylic acids is 1. The first kappa shape index (κ1) is 15.9. The van der Waals surface area contributed by atoms with Crippen molar-refractivity contribution in [2.45, 2.75) is 44.8 Å². The second kappa shape index (κ2) is 7.10. The minimum Gasteiger partial charge on any atom is -0.377 e. The molecule has 3 aliphatic rings. The number of hydrogen-bond acceptors (Lipinski definition) is 2. The number of benzene rings is 1. The maximum atomic E-state index is 12.3. The molecule has 0 saturated carbocycles. The first-order valence-corrected chi connectivity index (χ1v) is 9.42. The minimum atomic E-state index is 0.388. The standard InChI is InChI=1S/C21H27NO2/c23-20-8-4-7-18-10-9-17(19-11-13-22(20)21(18)19)12-14-24-15-16-5-2-1-3-6-16/h1-3,5-6,9-10,17-19,21H,4,7-8,11-15H2. The minimum absolute atomic E-state index is 0.388. The fourth-order valence-corrected chi connectivity index (χ4v) is 4.88. The van der Waals surface area contributed by atoms with E-state index in [4.69, 9.17) is 4.74 Å². The van der Waals surface area contributed by atoms with Gasteiger partial charge in [0.25, 0.3) is 0 Å². The summed E-state index contributed by atoms with van der Waals surface area (Å²) >= 11 is 0. The van der Waals surface area contributed by atoms with Crippen molar-refractivity contribution in [3.63, 3.8) is 0 Å². The van der Waals surface area contributed by atoms with E-state index >= 15 is 0 Å². The van der Waals surface area contributed by atoms with E-state index in [1.807, 2.05) is 6.07 Å². The molecule has 128 valence electrons. The van der Waals surface area contributed by atoms with Crippen molar-refractivity contribution in [1.82, 2.24) is 4.90 Å². The molecule has 1 aromatic rings. The maximum absolute atomic E-state index is 12.3. The van der Waals surface area contributed by atoms with Gasteiger partial charge < -0.3 is 9.64 Å². The molecule has 0 spiro atoms.